The van der Waals surface area contributed by atoms with Crippen molar-refractivity contribution < 1.29 is 9.53 Å². The molecular formula is C22H25ClN2O3. The molecule has 0 spiro atoms. The van der Waals surface area contributed by atoms with E-state index in [1.165, 1.54) is 0 Å². The minimum Gasteiger partial charge on any atom is -0.496 e. The van der Waals surface area contributed by atoms with Gasteiger partial charge in [0.25, 0.3) is 5.56 Å². The van der Waals surface area contributed by atoms with Gasteiger partial charge in [-0.2, -0.15) is 0 Å². The van der Waals surface area contributed by atoms with E-state index in [2.05, 4.69) is 37.1 Å². The zero-order valence-corrected chi connectivity index (χ0v) is 17.3. The molecule has 28 heavy (non-hydrogen) atoms. The van der Waals surface area contributed by atoms with Gasteiger partial charge in [-0.3, -0.25) is 9.59 Å². The molecule has 1 aromatic heterocycles. The Kier molecular flexibility index (Phi) is 5.66. The van der Waals surface area contributed by atoms with E-state index in [1.807, 2.05) is 18.2 Å². The third-order valence-corrected chi connectivity index (χ3v) is 5.20. The number of hydrogen-bond donors (Lipinski definition) is 2. The molecule has 1 atom stereocenters. The molecule has 5 nitrogen and oxygen atoms in total. The third-order valence-electron chi connectivity index (χ3n) is 4.91. The number of hydrogen-bond acceptors (Lipinski definition) is 3. The number of nitrogens with one attached hydrogen (secondary N) is 2. The molecule has 0 unspecified atom stereocenters. The first-order chi connectivity index (χ1) is 13.2. The summed E-state index contributed by atoms with van der Waals surface area (Å²) in [5.41, 5.74) is 3.02. The van der Waals surface area contributed by atoms with E-state index in [4.69, 9.17) is 16.3 Å². The van der Waals surface area contributed by atoms with Crippen molar-refractivity contribution in [1.82, 2.24) is 10.3 Å². The molecule has 0 radical (unpaired) electrons. The molecule has 1 saturated heterocycles. The summed E-state index contributed by atoms with van der Waals surface area (Å²) >= 11 is 5.91. The first-order valence-corrected chi connectivity index (χ1v) is 9.66. The Labute approximate surface area is 169 Å². The Hall–Kier alpha value is -2.53. The number of rotatable bonds is 4. The van der Waals surface area contributed by atoms with Gasteiger partial charge in [0.1, 0.15) is 10.8 Å². The quantitative estimate of drug-likeness (QED) is 0.813. The molecular weight excluding hydrogens is 376 g/mol. The molecule has 1 aliphatic rings. The second kappa shape index (κ2) is 7.84. The Balaban J connectivity index is 2.16. The van der Waals surface area contributed by atoms with Crippen LogP contribution in [0.4, 0.5) is 0 Å². The van der Waals surface area contributed by atoms with Crippen LogP contribution in [0.5, 0.6) is 5.75 Å². The molecule has 6 heteroatoms. The van der Waals surface area contributed by atoms with E-state index in [-0.39, 0.29) is 27.9 Å². The lowest BCUT2D eigenvalue weighted by molar-refractivity contribution is -0.119. The van der Waals surface area contributed by atoms with Gasteiger partial charge in [-0.25, -0.2) is 0 Å². The predicted octanol–water partition coefficient (Wildman–Crippen LogP) is 4.04. The van der Waals surface area contributed by atoms with Crippen LogP contribution in [0.25, 0.3) is 5.57 Å². The molecule has 0 saturated carbocycles. The van der Waals surface area contributed by atoms with Crippen LogP contribution in [-0.2, 0) is 10.2 Å². The highest BCUT2D eigenvalue weighted by Crippen LogP contribution is 2.35. The number of carbonyl (C=O) groups excluding carboxylic acids is 1. The number of H-pyrrole nitrogens is 1. The molecule has 2 heterocycles. The first kappa shape index (κ1) is 20.2. The van der Waals surface area contributed by atoms with Crippen LogP contribution in [0.15, 0.2) is 41.2 Å². The zero-order valence-electron chi connectivity index (χ0n) is 16.6. The largest absolute Gasteiger partial charge is 0.496 e. The molecule has 1 aromatic carbocycles. The minimum atomic E-state index is -0.356. The number of pyridine rings is 1. The van der Waals surface area contributed by atoms with Gasteiger partial charge in [-0.15, -0.1) is 0 Å². The van der Waals surface area contributed by atoms with Crippen molar-refractivity contribution >= 4 is 23.1 Å². The molecule has 1 amide bonds. The van der Waals surface area contributed by atoms with Gasteiger partial charge in [-0.05, 0) is 35.6 Å². The van der Waals surface area contributed by atoms with Crippen LogP contribution in [0, 0.1) is 0 Å². The Bertz CT molecular complexity index is 986. The smallest absolute Gasteiger partial charge is 0.267 e. The summed E-state index contributed by atoms with van der Waals surface area (Å²) in [6.45, 7) is 6.43. The number of aromatic amines is 1. The number of methoxy groups -OCH3 is 1. The van der Waals surface area contributed by atoms with E-state index in [9.17, 15) is 9.59 Å². The molecule has 1 fully saturated rings. The van der Waals surface area contributed by atoms with Gasteiger partial charge >= 0.3 is 0 Å². The highest BCUT2D eigenvalue weighted by molar-refractivity contribution is 6.30. The normalized spacial score (nSPS) is 17.5. The molecule has 3 rings (SSSR count). The number of halogens is 1. The highest BCUT2D eigenvalue weighted by atomic mass is 35.5. The topological polar surface area (TPSA) is 71.2 Å². The fourth-order valence-corrected chi connectivity index (χ4v) is 3.39. The molecule has 0 bridgehead atoms. The van der Waals surface area contributed by atoms with Gasteiger partial charge in [-0.1, -0.05) is 50.6 Å². The van der Waals surface area contributed by atoms with Gasteiger partial charge in [0.15, 0.2) is 0 Å². The maximum absolute atomic E-state index is 12.1. The summed E-state index contributed by atoms with van der Waals surface area (Å²) in [4.78, 5) is 26.6. The van der Waals surface area contributed by atoms with E-state index in [0.717, 1.165) is 16.7 Å². The summed E-state index contributed by atoms with van der Waals surface area (Å²) in [5.74, 6) is 0.735. The van der Waals surface area contributed by atoms with E-state index in [0.29, 0.717) is 24.3 Å². The first-order valence-electron chi connectivity index (χ1n) is 9.28. The second-order valence-electron chi connectivity index (χ2n) is 8.01. The number of aromatic nitrogens is 1. The molecule has 1 aliphatic heterocycles. The van der Waals surface area contributed by atoms with E-state index in [1.54, 1.807) is 19.2 Å². The van der Waals surface area contributed by atoms with Gasteiger partial charge < -0.3 is 15.0 Å². The molecule has 2 aromatic rings. The second-order valence-corrected chi connectivity index (χ2v) is 8.41. The third kappa shape index (κ3) is 4.30. The number of benzene rings is 1. The van der Waals surface area contributed by atoms with Gasteiger partial charge in [0, 0.05) is 29.3 Å². The minimum absolute atomic E-state index is 0.0241. The summed E-state index contributed by atoms with van der Waals surface area (Å²) in [6, 6.07) is 9.32. The van der Waals surface area contributed by atoms with Crippen LogP contribution in [-0.4, -0.2) is 24.0 Å². The highest BCUT2D eigenvalue weighted by Gasteiger charge is 2.23. The maximum atomic E-state index is 12.1. The summed E-state index contributed by atoms with van der Waals surface area (Å²) in [6.07, 6.45) is 3.17. The summed E-state index contributed by atoms with van der Waals surface area (Å²) < 4.78 is 5.68. The lowest BCUT2D eigenvalue weighted by atomic mass is 9.85. The number of ether oxygens (including phenoxy) is 1. The monoisotopic (exact) mass is 400 g/mol. The van der Waals surface area contributed by atoms with Gasteiger partial charge in [0.2, 0.25) is 5.91 Å². The van der Waals surface area contributed by atoms with Crippen LogP contribution in [0.1, 0.15) is 50.4 Å². The van der Waals surface area contributed by atoms with Crippen LogP contribution in [0.3, 0.4) is 0 Å². The van der Waals surface area contributed by atoms with E-state index >= 15 is 0 Å². The van der Waals surface area contributed by atoms with Crippen molar-refractivity contribution in [3.05, 3.63) is 68.6 Å². The van der Waals surface area contributed by atoms with Crippen molar-refractivity contribution in [3.63, 3.8) is 0 Å². The standard InChI is InChI=1S/C22H25ClN2O3/c1-22(2,3)13-5-7-15(19(11-13)28-4)16(12-14-6-10-20(26)24-14)18-9-8-17(23)21(27)25-18/h5,7-9,11-12,14H,6,10H2,1-4H3,(H,24,26)(H,25,27)/b16-12+/t14-/m1/s1. The summed E-state index contributed by atoms with van der Waals surface area (Å²) in [5, 5.41) is 3.08. The van der Waals surface area contributed by atoms with Crippen LogP contribution >= 0.6 is 11.6 Å². The summed E-state index contributed by atoms with van der Waals surface area (Å²) in [7, 11) is 1.63. The van der Waals surface area contributed by atoms with Crippen molar-refractivity contribution in [2.45, 2.75) is 45.1 Å². The molecule has 2 N–H and O–H groups in total. The van der Waals surface area contributed by atoms with Crippen LogP contribution < -0.4 is 15.6 Å². The average Bonchev–Trinajstić information content (AvgIpc) is 3.06. The fraction of sp³-hybridized carbons (Fsp3) is 0.364. The number of carbonyl (C=O) groups is 1. The lowest BCUT2D eigenvalue weighted by Crippen LogP contribution is -2.23. The van der Waals surface area contributed by atoms with Crippen LogP contribution in [0.2, 0.25) is 5.02 Å². The van der Waals surface area contributed by atoms with Gasteiger partial charge in [0.05, 0.1) is 7.11 Å². The van der Waals surface area contributed by atoms with Crippen molar-refractivity contribution in [1.29, 1.82) is 0 Å². The Morgan fingerprint density at radius 3 is 2.54 bits per heavy atom. The predicted molar refractivity (Wildman–Crippen MR) is 112 cm³/mol. The van der Waals surface area contributed by atoms with Crippen molar-refractivity contribution in [3.8, 4) is 5.75 Å². The molecule has 148 valence electrons. The van der Waals surface area contributed by atoms with Crippen molar-refractivity contribution in [2.75, 3.05) is 7.11 Å². The Morgan fingerprint density at radius 1 is 1.21 bits per heavy atom. The fourth-order valence-electron chi connectivity index (χ4n) is 3.28. The van der Waals surface area contributed by atoms with Crippen molar-refractivity contribution in [2.24, 2.45) is 0 Å². The number of amides is 1. The molecule has 0 aliphatic carbocycles. The lowest BCUT2D eigenvalue weighted by Gasteiger charge is -2.22. The SMILES string of the molecule is COc1cc(C(C)(C)C)ccc1/C(=C\[C@H]1CCC(=O)N1)c1ccc(Cl)c(=O)[nH]1. The Morgan fingerprint density at radius 2 is 1.96 bits per heavy atom. The van der Waals surface area contributed by atoms with E-state index < -0.39 is 0 Å². The average molecular weight is 401 g/mol. The maximum Gasteiger partial charge on any atom is 0.267 e. The zero-order chi connectivity index (χ0) is 20.5.